The molecule has 0 aliphatic carbocycles. The molecule has 5 rings (SSSR count). The van der Waals surface area contributed by atoms with Gasteiger partial charge in [-0.3, -0.25) is 9.88 Å². The average molecular weight is 428 g/mol. The molecule has 0 unspecified atom stereocenters. The minimum absolute atomic E-state index is 0.749. The Hall–Kier alpha value is -2.88. The van der Waals surface area contributed by atoms with Crippen LogP contribution in [0.3, 0.4) is 0 Å². The summed E-state index contributed by atoms with van der Waals surface area (Å²) in [5.74, 6) is 0. The quantitative estimate of drug-likeness (QED) is 0.342. The van der Waals surface area contributed by atoms with Crippen molar-refractivity contribution in [3.05, 3.63) is 95.4 Å². The molecule has 0 saturated carbocycles. The van der Waals surface area contributed by atoms with Crippen molar-refractivity contribution in [2.24, 2.45) is 0 Å². The zero-order valence-corrected chi connectivity index (χ0v) is 18.3. The lowest BCUT2D eigenvalue weighted by atomic mass is 10.1. The molecule has 1 fully saturated rings. The van der Waals surface area contributed by atoms with Crippen LogP contribution in [0.5, 0.6) is 0 Å². The Labute approximate surface area is 188 Å². The van der Waals surface area contributed by atoms with E-state index in [4.69, 9.17) is 11.6 Å². The van der Waals surface area contributed by atoms with E-state index in [1.165, 1.54) is 42.4 Å². The first-order valence-electron chi connectivity index (χ1n) is 10.9. The summed E-state index contributed by atoms with van der Waals surface area (Å²) in [6.07, 6.45) is 11.8. The fourth-order valence-corrected chi connectivity index (χ4v) is 4.41. The van der Waals surface area contributed by atoms with Gasteiger partial charge >= 0.3 is 0 Å². The number of halogens is 1. The fraction of sp³-hybridized carbons (Fsp3) is 0.222. The molecule has 0 N–H and O–H groups in total. The van der Waals surface area contributed by atoms with Gasteiger partial charge < -0.3 is 4.57 Å². The largest absolute Gasteiger partial charge is 0.324 e. The second-order valence-electron chi connectivity index (χ2n) is 8.23. The van der Waals surface area contributed by atoms with Crippen LogP contribution < -0.4 is 0 Å². The van der Waals surface area contributed by atoms with Crippen LogP contribution in [0.1, 0.15) is 24.1 Å². The highest BCUT2D eigenvalue weighted by atomic mass is 35.5. The molecule has 1 aliphatic heterocycles. The normalized spacial score (nSPS) is 14.7. The van der Waals surface area contributed by atoms with Crippen LogP contribution in [-0.2, 0) is 13.0 Å². The topological polar surface area (TPSA) is 21.1 Å². The molecule has 2 aromatic heterocycles. The maximum absolute atomic E-state index is 5.97. The van der Waals surface area contributed by atoms with Crippen molar-refractivity contribution in [2.75, 3.05) is 13.1 Å². The van der Waals surface area contributed by atoms with E-state index in [9.17, 15) is 0 Å². The van der Waals surface area contributed by atoms with Gasteiger partial charge in [0.1, 0.15) is 0 Å². The Bertz CT molecular complexity index is 1180. The zero-order chi connectivity index (χ0) is 21.0. The number of rotatable bonds is 6. The van der Waals surface area contributed by atoms with Gasteiger partial charge in [-0.25, -0.2) is 0 Å². The van der Waals surface area contributed by atoms with Gasteiger partial charge in [-0.2, -0.15) is 0 Å². The van der Waals surface area contributed by atoms with E-state index in [0.29, 0.717) is 0 Å². The van der Waals surface area contributed by atoms with Gasteiger partial charge in [0.25, 0.3) is 0 Å². The maximum atomic E-state index is 5.97. The fourth-order valence-electron chi connectivity index (χ4n) is 4.29. The molecule has 156 valence electrons. The minimum Gasteiger partial charge on any atom is -0.324 e. The Morgan fingerprint density at radius 2 is 1.71 bits per heavy atom. The van der Waals surface area contributed by atoms with Gasteiger partial charge in [-0.1, -0.05) is 41.9 Å². The summed E-state index contributed by atoms with van der Waals surface area (Å²) in [5.41, 5.74) is 5.93. The number of hydrogen-bond acceptors (Lipinski definition) is 2. The van der Waals surface area contributed by atoms with Crippen LogP contribution in [-0.4, -0.2) is 27.5 Å². The van der Waals surface area contributed by atoms with Crippen molar-refractivity contribution < 1.29 is 0 Å². The number of nitrogens with zero attached hydrogens (tertiary/aromatic N) is 3. The third-order valence-electron chi connectivity index (χ3n) is 5.98. The summed E-state index contributed by atoms with van der Waals surface area (Å²) in [7, 11) is 0. The molecular formula is C27H26ClN3. The number of likely N-dealkylation sites (tertiary alicyclic amines) is 1. The molecule has 2 aromatic carbocycles. The second-order valence-corrected chi connectivity index (χ2v) is 8.67. The lowest BCUT2D eigenvalue weighted by Crippen LogP contribution is -2.18. The van der Waals surface area contributed by atoms with Gasteiger partial charge in [-0.05, 0) is 73.5 Å². The number of allylic oxidation sites excluding steroid dienone is 1. The predicted molar refractivity (Wildman–Crippen MR) is 130 cm³/mol. The first-order chi connectivity index (χ1) is 15.2. The Balaban J connectivity index is 1.24. The summed E-state index contributed by atoms with van der Waals surface area (Å²) in [5, 5.41) is 2.05. The average Bonchev–Trinajstić information content (AvgIpc) is 3.45. The highest BCUT2D eigenvalue weighted by Crippen LogP contribution is 2.22. The Morgan fingerprint density at radius 3 is 2.48 bits per heavy atom. The number of benzene rings is 2. The lowest BCUT2D eigenvalue weighted by molar-refractivity contribution is 0.331. The molecule has 1 saturated heterocycles. The number of pyridine rings is 1. The highest BCUT2D eigenvalue weighted by Gasteiger charge is 2.12. The van der Waals surface area contributed by atoms with E-state index >= 15 is 0 Å². The molecule has 0 spiro atoms. The third kappa shape index (κ3) is 4.73. The molecule has 0 atom stereocenters. The molecule has 1 aliphatic rings. The lowest BCUT2D eigenvalue weighted by Gasteiger charge is -2.14. The second kappa shape index (κ2) is 9.09. The van der Waals surface area contributed by atoms with Crippen molar-refractivity contribution in [3.63, 3.8) is 0 Å². The first kappa shape index (κ1) is 20.0. The van der Waals surface area contributed by atoms with E-state index in [2.05, 4.69) is 69.3 Å². The molecular weight excluding hydrogens is 402 g/mol. The molecule has 0 bridgehead atoms. The van der Waals surface area contributed by atoms with E-state index in [-0.39, 0.29) is 0 Å². The van der Waals surface area contributed by atoms with Crippen LogP contribution in [0.15, 0.2) is 79.1 Å². The predicted octanol–water partition coefficient (Wildman–Crippen LogP) is 6.67. The van der Waals surface area contributed by atoms with Gasteiger partial charge in [-0.15, -0.1) is 0 Å². The SMILES string of the molecule is Clc1ccc(-c2ccc(CC=Cn3ccc4cc(CN5CCCC5)ccc43)nc2)cc1. The minimum atomic E-state index is 0.749. The van der Waals surface area contributed by atoms with Gasteiger partial charge in [0.2, 0.25) is 0 Å². The van der Waals surface area contributed by atoms with Crippen LogP contribution in [0.25, 0.3) is 28.2 Å². The Morgan fingerprint density at radius 1 is 0.903 bits per heavy atom. The van der Waals surface area contributed by atoms with E-state index in [1.54, 1.807) is 0 Å². The van der Waals surface area contributed by atoms with E-state index < -0.39 is 0 Å². The third-order valence-corrected chi connectivity index (χ3v) is 6.24. The molecule has 4 aromatic rings. The smallest absolute Gasteiger partial charge is 0.0522 e. The highest BCUT2D eigenvalue weighted by molar-refractivity contribution is 6.30. The number of hydrogen-bond donors (Lipinski definition) is 0. The molecule has 3 nitrogen and oxygen atoms in total. The summed E-state index contributed by atoms with van der Waals surface area (Å²) in [6.45, 7) is 3.53. The van der Waals surface area contributed by atoms with Crippen LogP contribution >= 0.6 is 11.6 Å². The number of fused-ring (bicyclic) bond motifs is 1. The van der Waals surface area contributed by atoms with E-state index in [0.717, 1.165) is 34.8 Å². The van der Waals surface area contributed by atoms with Crippen molar-refractivity contribution in [3.8, 4) is 11.1 Å². The van der Waals surface area contributed by atoms with Crippen molar-refractivity contribution in [1.82, 2.24) is 14.5 Å². The summed E-state index contributed by atoms with van der Waals surface area (Å²) >= 11 is 5.97. The van der Waals surface area contributed by atoms with Gasteiger partial charge in [0.15, 0.2) is 0 Å². The van der Waals surface area contributed by atoms with Gasteiger partial charge in [0.05, 0.1) is 5.52 Å². The Kier molecular flexibility index (Phi) is 5.88. The van der Waals surface area contributed by atoms with Crippen LogP contribution in [0, 0.1) is 0 Å². The zero-order valence-electron chi connectivity index (χ0n) is 17.5. The maximum Gasteiger partial charge on any atom is 0.0522 e. The molecule has 0 amide bonds. The molecule has 31 heavy (non-hydrogen) atoms. The van der Waals surface area contributed by atoms with Gasteiger partial charge in [0, 0.05) is 53.2 Å². The van der Waals surface area contributed by atoms with Crippen molar-refractivity contribution in [1.29, 1.82) is 0 Å². The van der Waals surface area contributed by atoms with Crippen LogP contribution in [0.2, 0.25) is 5.02 Å². The molecule has 0 radical (unpaired) electrons. The molecule has 3 heterocycles. The summed E-state index contributed by atoms with van der Waals surface area (Å²) in [6, 6.07) is 21.1. The van der Waals surface area contributed by atoms with Crippen LogP contribution in [0.4, 0.5) is 0 Å². The summed E-state index contributed by atoms with van der Waals surface area (Å²) in [4.78, 5) is 7.17. The standard InChI is InChI=1S/C27H26ClN3/c28-25-9-6-22(7-10-25)24-8-11-26(29-19-24)4-3-16-31-17-13-23-18-21(5-12-27(23)31)20-30-14-1-2-15-30/h3,5-13,16-19H,1-2,4,14-15,20H2. The first-order valence-corrected chi connectivity index (χ1v) is 11.3. The summed E-state index contributed by atoms with van der Waals surface area (Å²) < 4.78 is 2.19. The monoisotopic (exact) mass is 427 g/mol. The van der Waals surface area contributed by atoms with Crippen molar-refractivity contribution in [2.45, 2.75) is 25.8 Å². The molecule has 4 heteroatoms. The van der Waals surface area contributed by atoms with Crippen molar-refractivity contribution >= 4 is 28.7 Å². The number of aromatic nitrogens is 2. The van der Waals surface area contributed by atoms with E-state index in [1.807, 2.05) is 30.5 Å².